The molecule has 3 aromatic rings. The lowest BCUT2D eigenvalue weighted by atomic mass is 10.1. The summed E-state index contributed by atoms with van der Waals surface area (Å²) in [6.45, 7) is 0. The van der Waals surface area contributed by atoms with Crippen molar-refractivity contribution in [1.29, 1.82) is 0 Å². The SMILES string of the molecule is COc1ccc2nc(C(=O)N[C@H]3c4ccccc4C[C@H]3O)ccc2c1. The maximum absolute atomic E-state index is 12.6. The Labute approximate surface area is 145 Å². The van der Waals surface area contributed by atoms with Gasteiger partial charge in [-0.15, -0.1) is 0 Å². The third-order valence-electron chi connectivity index (χ3n) is 4.62. The van der Waals surface area contributed by atoms with Crippen LogP contribution < -0.4 is 10.1 Å². The Kier molecular flexibility index (Phi) is 3.86. The van der Waals surface area contributed by atoms with E-state index in [1.54, 1.807) is 13.2 Å². The number of hydrogen-bond donors (Lipinski definition) is 2. The van der Waals surface area contributed by atoms with Crippen LogP contribution in [0.1, 0.15) is 27.7 Å². The summed E-state index contributed by atoms with van der Waals surface area (Å²) in [4.78, 5) is 17.0. The van der Waals surface area contributed by atoms with E-state index in [2.05, 4.69) is 10.3 Å². The number of nitrogens with zero attached hydrogens (tertiary/aromatic N) is 1. The van der Waals surface area contributed by atoms with E-state index in [1.807, 2.05) is 48.5 Å². The number of pyridine rings is 1. The number of hydrogen-bond acceptors (Lipinski definition) is 4. The fourth-order valence-corrected chi connectivity index (χ4v) is 3.32. The maximum Gasteiger partial charge on any atom is 0.270 e. The van der Waals surface area contributed by atoms with Crippen molar-refractivity contribution in [1.82, 2.24) is 10.3 Å². The summed E-state index contributed by atoms with van der Waals surface area (Å²) in [5.74, 6) is 0.454. The minimum Gasteiger partial charge on any atom is -0.497 e. The maximum atomic E-state index is 12.6. The van der Waals surface area contributed by atoms with Crippen LogP contribution in [-0.4, -0.2) is 29.2 Å². The van der Waals surface area contributed by atoms with Crippen molar-refractivity contribution in [2.24, 2.45) is 0 Å². The first-order chi connectivity index (χ1) is 12.2. The molecule has 0 fully saturated rings. The number of amides is 1. The van der Waals surface area contributed by atoms with Crippen LogP contribution in [0.15, 0.2) is 54.6 Å². The van der Waals surface area contributed by atoms with Gasteiger partial charge in [0.15, 0.2) is 0 Å². The molecule has 5 nitrogen and oxygen atoms in total. The van der Waals surface area contributed by atoms with Crippen LogP contribution >= 0.6 is 0 Å². The monoisotopic (exact) mass is 334 g/mol. The molecule has 126 valence electrons. The van der Waals surface area contributed by atoms with Crippen molar-refractivity contribution < 1.29 is 14.6 Å². The number of aromatic nitrogens is 1. The molecule has 0 radical (unpaired) electrons. The smallest absolute Gasteiger partial charge is 0.270 e. The quantitative estimate of drug-likeness (QED) is 0.772. The van der Waals surface area contributed by atoms with Gasteiger partial charge >= 0.3 is 0 Å². The Morgan fingerprint density at radius 1 is 1.20 bits per heavy atom. The van der Waals surface area contributed by atoms with Crippen LogP contribution in [0.3, 0.4) is 0 Å². The molecule has 0 saturated carbocycles. The first-order valence-electron chi connectivity index (χ1n) is 8.17. The van der Waals surface area contributed by atoms with Crippen LogP contribution in [-0.2, 0) is 6.42 Å². The van der Waals surface area contributed by atoms with Gasteiger partial charge in [-0.25, -0.2) is 4.98 Å². The number of carbonyl (C=O) groups excluding carboxylic acids is 1. The lowest BCUT2D eigenvalue weighted by molar-refractivity contribution is 0.0854. The van der Waals surface area contributed by atoms with E-state index in [4.69, 9.17) is 4.74 Å². The molecule has 2 atom stereocenters. The summed E-state index contributed by atoms with van der Waals surface area (Å²) < 4.78 is 5.20. The molecule has 1 aromatic heterocycles. The predicted octanol–water partition coefficient (Wildman–Crippen LogP) is 2.63. The zero-order chi connectivity index (χ0) is 17.4. The number of fused-ring (bicyclic) bond motifs is 2. The Bertz CT molecular complexity index is 955. The van der Waals surface area contributed by atoms with Gasteiger partial charge in [-0.05, 0) is 35.4 Å². The zero-order valence-corrected chi connectivity index (χ0v) is 13.8. The summed E-state index contributed by atoms with van der Waals surface area (Å²) >= 11 is 0. The van der Waals surface area contributed by atoms with Crippen molar-refractivity contribution >= 4 is 16.8 Å². The minimum absolute atomic E-state index is 0.293. The molecule has 2 N–H and O–H groups in total. The number of aliphatic hydroxyl groups excluding tert-OH is 1. The largest absolute Gasteiger partial charge is 0.497 e. The van der Waals surface area contributed by atoms with Gasteiger partial charge in [-0.2, -0.15) is 0 Å². The molecule has 1 aliphatic rings. The third-order valence-corrected chi connectivity index (χ3v) is 4.62. The van der Waals surface area contributed by atoms with E-state index in [9.17, 15) is 9.90 Å². The number of aliphatic hydroxyl groups is 1. The molecule has 4 rings (SSSR count). The van der Waals surface area contributed by atoms with Gasteiger partial charge in [0.05, 0.1) is 24.8 Å². The molecule has 2 aromatic carbocycles. The van der Waals surface area contributed by atoms with Gasteiger partial charge in [0.2, 0.25) is 0 Å². The van der Waals surface area contributed by atoms with Gasteiger partial charge < -0.3 is 15.2 Å². The van der Waals surface area contributed by atoms with Gasteiger partial charge in [0.1, 0.15) is 11.4 Å². The van der Waals surface area contributed by atoms with Gasteiger partial charge in [0.25, 0.3) is 5.91 Å². The van der Waals surface area contributed by atoms with Gasteiger partial charge in [-0.1, -0.05) is 30.3 Å². The predicted molar refractivity (Wildman–Crippen MR) is 94.7 cm³/mol. The molecule has 1 aliphatic carbocycles. The number of rotatable bonds is 3. The molecule has 0 aliphatic heterocycles. The first-order valence-corrected chi connectivity index (χ1v) is 8.17. The van der Waals surface area contributed by atoms with E-state index >= 15 is 0 Å². The topological polar surface area (TPSA) is 71.5 Å². The summed E-state index contributed by atoms with van der Waals surface area (Å²) in [5.41, 5.74) is 3.09. The van der Waals surface area contributed by atoms with Crippen molar-refractivity contribution in [2.75, 3.05) is 7.11 Å². The van der Waals surface area contributed by atoms with Crippen LogP contribution in [0.5, 0.6) is 5.75 Å². The average Bonchev–Trinajstić information content (AvgIpc) is 2.96. The Hall–Kier alpha value is -2.92. The molecule has 0 spiro atoms. The van der Waals surface area contributed by atoms with Crippen LogP contribution in [0.25, 0.3) is 10.9 Å². The lowest BCUT2D eigenvalue weighted by Crippen LogP contribution is -2.34. The van der Waals surface area contributed by atoms with E-state index < -0.39 is 12.1 Å². The fourth-order valence-electron chi connectivity index (χ4n) is 3.32. The molecule has 0 bridgehead atoms. The molecular formula is C20H18N2O3. The lowest BCUT2D eigenvalue weighted by Gasteiger charge is -2.17. The standard InChI is InChI=1S/C20H18N2O3/c1-25-14-7-9-16-13(10-14)6-8-17(21-16)20(24)22-19-15-5-3-2-4-12(15)11-18(19)23/h2-10,18-19,23H,11H2,1H3,(H,22,24)/t18-,19+/m1/s1. The molecule has 0 unspecified atom stereocenters. The van der Waals surface area contributed by atoms with Crippen molar-refractivity contribution in [2.45, 2.75) is 18.6 Å². The van der Waals surface area contributed by atoms with E-state index in [0.717, 1.165) is 27.8 Å². The number of nitrogens with one attached hydrogen (secondary N) is 1. The fraction of sp³-hybridized carbons (Fsp3) is 0.200. The second-order valence-electron chi connectivity index (χ2n) is 6.18. The molecule has 1 amide bonds. The summed E-state index contributed by atoms with van der Waals surface area (Å²) in [5, 5.41) is 14.1. The Morgan fingerprint density at radius 3 is 2.88 bits per heavy atom. The highest BCUT2D eigenvalue weighted by molar-refractivity contribution is 5.95. The average molecular weight is 334 g/mol. The van der Waals surface area contributed by atoms with Gasteiger partial charge in [-0.3, -0.25) is 4.79 Å². The number of methoxy groups -OCH3 is 1. The van der Waals surface area contributed by atoms with Gasteiger partial charge in [0, 0.05) is 11.8 Å². The highest BCUT2D eigenvalue weighted by Gasteiger charge is 2.32. The Balaban J connectivity index is 1.60. The summed E-state index contributed by atoms with van der Waals surface area (Å²) in [6.07, 6.45) is -0.0717. The molecule has 1 heterocycles. The van der Waals surface area contributed by atoms with Crippen molar-refractivity contribution in [3.8, 4) is 5.75 Å². The normalized spacial score (nSPS) is 18.8. The minimum atomic E-state index is -0.619. The molecule has 25 heavy (non-hydrogen) atoms. The second kappa shape index (κ2) is 6.18. The van der Waals surface area contributed by atoms with Crippen LogP contribution in [0.2, 0.25) is 0 Å². The van der Waals surface area contributed by atoms with Crippen molar-refractivity contribution in [3.63, 3.8) is 0 Å². The zero-order valence-electron chi connectivity index (χ0n) is 13.8. The van der Waals surface area contributed by atoms with E-state index in [-0.39, 0.29) is 5.91 Å². The van der Waals surface area contributed by atoms with Crippen LogP contribution in [0.4, 0.5) is 0 Å². The van der Waals surface area contributed by atoms with E-state index in [1.165, 1.54) is 0 Å². The number of benzene rings is 2. The summed E-state index contributed by atoms with van der Waals surface area (Å²) in [7, 11) is 1.61. The van der Waals surface area contributed by atoms with E-state index in [0.29, 0.717) is 12.1 Å². The molecular weight excluding hydrogens is 316 g/mol. The number of ether oxygens (including phenoxy) is 1. The highest BCUT2D eigenvalue weighted by Crippen LogP contribution is 2.31. The second-order valence-corrected chi connectivity index (χ2v) is 6.18. The molecule has 5 heteroatoms. The summed E-state index contributed by atoms with van der Waals surface area (Å²) in [6, 6.07) is 16.4. The Morgan fingerprint density at radius 2 is 2.04 bits per heavy atom. The first kappa shape index (κ1) is 15.6. The molecule has 0 saturated heterocycles. The highest BCUT2D eigenvalue weighted by atomic mass is 16.5. The van der Waals surface area contributed by atoms with Crippen molar-refractivity contribution in [3.05, 3.63) is 71.4 Å². The van der Waals surface area contributed by atoms with Crippen LogP contribution in [0, 0.1) is 0 Å². The third kappa shape index (κ3) is 2.83. The number of carbonyl (C=O) groups is 1.